The van der Waals surface area contributed by atoms with Crippen molar-refractivity contribution < 1.29 is 4.74 Å². The van der Waals surface area contributed by atoms with E-state index in [2.05, 4.69) is 19.9 Å². The fourth-order valence-corrected chi connectivity index (χ4v) is 4.68. The molecule has 8 heteroatoms. The average Bonchev–Trinajstić information content (AvgIpc) is 3.28. The maximum atomic E-state index is 12.7. The monoisotopic (exact) mass is 431 g/mol. The van der Waals surface area contributed by atoms with Gasteiger partial charge in [0.1, 0.15) is 16.6 Å². The third kappa shape index (κ3) is 4.12. The van der Waals surface area contributed by atoms with Crippen LogP contribution < -0.4 is 10.3 Å². The molecule has 7 nitrogen and oxygen atoms in total. The Kier molecular flexibility index (Phi) is 5.31. The topological polar surface area (TPSA) is 84.0 Å². The minimum absolute atomic E-state index is 0.0724. The van der Waals surface area contributed by atoms with E-state index in [-0.39, 0.29) is 5.56 Å². The number of aromatic nitrogens is 4. The maximum absolute atomic E-state index is 12.7. The highest BCUT2D eigenvalue weighted by Crippen LogP contribution is 2.28. The number of benzene rings is 1. The number of ether oxygens (including phenoxy) is 1. The smallest absolute Gasteiger partial charge is 0.255 e. The summed E-state index contributed by atoms with van der Waals surface area (Å²) in [4.78, 5) is 32.5. The van der Waals surface area contributed by atoms with Crippen molar-refractivity contribution in [3.8, 4) is 27.7 Å². The molecule has 0 unspecified atom stereocenters. The fraction of sp³-hybridized carbons (Fsp3) is 0.217. The average molecular weight is 432 g/mol. The van der Waals surface area contributed by atoms with Crippen LogP contribution in [-0.4, -0.2) is 38.5 Å². The molecule has 4 aromatic rings. The standard InChI is InChI=1S/C23H21N5O2S/c1-30-17-6-4-15(5-7-17)23-25-12-18(31-23)13-28-10-8-20-19(14-28)22(29)27-21(26-20)16-3-2-9-24-11-16/h2-7,9,11-12H,8,10,13-14H2,1H3,(H,26,27,29). The first-order valence-corrected chi connectivity index (χ1v) is 10.9. The highest BCUT2D eigenvalue weighted by molar-refractivity contribution is 7.15. The van der Waals surface area contributed by atoms with E-state index in [0.717, 1.165) is 52.7 Å². The van der Waals surface area contributed by atoms with Gasteiger partial charge in [0.25, 0.3) is 5.56 Å². The van der Waals surface area contributed by atoms with Crippen LogP contribution in [0.3, 0.4) is 0 Å². The Morgan fingerprint density at radius 1 is 1.16 bits per heavy atom. The van der Waals surface area contributed by atoms with Crippen LogP contribution in [0, 0.1) is 0 Å². The van der Waals surface area contributed by atoms with Gasteiger partial charge in [-0.3, -0.25) is 14.7 Å². The predicted octanol–water partition coefficient (Wildman–Crippen LogP) is 3.52. The van der Waals surface area contributed by atoms with E-state index in [1.165, 1.54) is 4.88 Å². The minimum Gasteiger partial charge on any atom is -0.497 e. The molecule has 1 aromatic carbocycles. The lowest BCUT2D eigenvalue weighted by Crippen LogP contribution is -2.35. The number of methoxy groups -OCH3 is 1. The first-order chi connectivity index (χ1) is 15.2. The van der Waals surface area contributed by atoms with E-state index in [4.69, 9.17) is 9.72 Å². The van der Waals surface area contributed by atoms with Gasteiger partial charge in [0, 0.05) is 60.6 Å². The Morgan fingerprint density at radius 2 is 2.03 bits per heavy atom. The first kappa shape index (κ1) is 19.6. The summed E-state index contributed by atoms with van der Waals surface area (Å²) in [5, 5.41) is 0.982. The van der Waals surface area contributed by atoms with Crippen molar-refractivity contribution >= 4 is 11.3 Å². The summed E-state index contributed by atoms with van der Waals surface area (Å²) in [5.74, 6) is 1.41. The second-order valence-corrected chi connectivity index (χ2v) is 8.52. The largest absolute Gasteiger partial charge is 0.497 e. The summed E-state index contributed by atoms with van der Waals surface area (Å²) >= 11 is 1.68. The summed E-state index contributed by atoms with van der Waals surface area (Å²) in [6.07, 6.45) is 6.09. The number of hydrogen-bond acceptors (Lipinski definition) is 7. The van der Waals surface area contributed by atoms with E-state index < -0.39 is 0 Å². The number of hydrogen-bond donors (Lipinski definition) is 1. The van der Waals surface area contributed by atoms with Gasteiger partial charge in [0.05, 0.1) is 18.4 Å². The second kappa shape index (κ2) is 8.41. The number of aromatic amines is 1. The molecule has 0 bridgehead atoms. The number of pyridine rings is 1. The Morgan fingerprint density at radius 3 is 2.81 bits per heavy atom. The number of H-pyrrole nitrogens is 1. The third-order valence-corrected chi connectivity index (χ3v) is 6.38. The summed E-state index contributed by atoms with van der Waals surface area (Å²) in [5.41, 5.74) is 3.45. The van der Waals surface area contributed by atoms with Crippen molar-refractivity contribution in [2.45, 2.75) is 19.5 Å². The lowest BCUT2D eigenvalue weighted by molar-refractivity contribution is 0.244. The molecule has 0 spiro atoms. The number of nitrogens with one attached hydrogen (secondary N) is 1. The van der Waals surface area contributed by atoms with Crippen molar-refractivity contribution in [1.29, 1.82) is 0 Å². The van der Waals surface area contributed by atoms with Crippen molar-refractivity contribution in [2.24, 2.45) is 0 Å². The molecule has 0 radical (unpaired) electrons. The first-order valence-electron chi connectivity index (χ1n) is 10.0. The molecule has 31 heavy (non-hydrogen) atoms. The van der Waals surface area contributed by atoms with Crippen LogP contribution >= 0.6 is 11.3 Å². The Labute approximate surface area is 183 Å². The van der Waals surface area contributed by atoms with Crippen LogP contribution in [0.15, 0.2) is 59.8 Å². The fourth-order valence-electron chi connectivity index (χ4n) is 3.72. The van der Waals surface area contributed by atoms with E-state index in [0.29, 0.717) is 12.4 Å². The van der Waals surface area contributed by atoms with Crippen LogP contribution in [-0.2, 0) is 19.5 Å². The quantitative estimate of drug-likeness (QED) is 0.521. The van der Waals surface area contributed by atoms with Gasteiger partial charge < -0.3 is 9.72 Å². The van der Waals surface area contributed by atoms with Crippen molar-refractivity contribution in [3.05, 3.63) is 81.5 Å². The van der Waals surface area contributed by atoms with Crippen LogP contribution in [0.1, 0.15) is 16.1 Å². The molecule has 0 amide bonds. The Balaban J connectivity index is 1.31. The van der Waals surface area contributed by atoms with Gasteiger partial charge in [-0.15, -0.1) is 11.3 Å². The molecule has 0 fully saturated rings. The zero-order valence-corrected chi connectivity index (χ0v) is 17.9. The Hall–Kier alpha value is -3.36. The van der Waals surface area contributed by atoms with E-state index in [1.54, 1.807) is 30.8 Å². The summed E-state index contributed by atoms with van der Waals surface area (Å²) < 4.78 is 5.22. The van der Waals surface area contributed by atoms with Crippen LogP contribution in [0.2, 0.25) is 0 Å². The normalized spacial score (nSPS) is 13.7. The van der Waals surface area contributed by atoms with E-state index >= 15 is 0 Å². The zero-order chi connectivity index (χ0) is 21.2. The highest BCUT2D eigenvalue weighted by atomic mass is 32.1. The van der Waals surface area contributed by atoms with Crippen LogP contribution in [0.5, 0.6) is 5.75 Å². The molecule has 0 saturated carbocycles. The molecule has 1 aliphatic rings. The molecule has 5 rings (SSSR count). The molecule has 0 saturated heterocycles. The summed E-state index contributed by atoms with van der Waals surface area (Å²) in [6, 6.07) is 11.7. The second-order valence-electron chi connectivity index (χ2n) is 7.40. The molecule has 156 valence electrons. The maximum Gasteiger partial charge on any atom is 0.255 e. The van der Waals surface area contributed by atoms with Gasteiger partial charge >= 0.3 is 0 Å². The van der Waals surface area contributed by atoms with Crippen LogP contribution in [0.4, 0.5) is 0 Å². The molecule has 4 heterocycles. The van der Waals surface area contributed by atoms with Gasteiger partial charge in [-0.1, -0.05) is 0 Å². The molecule has 3 aromatic heterocycles. The number of rotatable bonds is 5. The highest BCUT2D eigenvalue weighted by Gasteiger charge is 2.22. The van der Waals surface area contributed by atoms with E-state index in [9.17, 15) is 4.79 Å². The van der Waals surface area contributed by atoms with Gasteiger partial charge in [0.2, 0.25) is 0 Å². The molecular formula is C23H21N5O2S. The molecule has 0 aliphatic carbocycles. The predicted molar refractivity (Wildman–Crippen MR) is 120 cm³/mol. The van der Waals surface area contributed by atoms with Crippen molar-refractivity contribution in [2.75, 3.05) is 13.7 Å². The van der Waals surface area contributed by atoms with Crippen molar-refractivity contribution in [1.82, 2.24) is 24.8 Å². The van der Waals surface area contributed by atoms with E-state index in [1.807, 2.05) is 42.6 Å². The lowest BCUT2D eigenvalue weighted by Gasteiger charge is -2.27. The van der Waals surface area contributed by atoms with Gasteiger partial charge in [-0.2, -0.15) is 0 Å². The number of thiazole rings is 1. The van der Waals surface area contributed by atoms with Gasteiger partial charge in [-0.25, -0.2) is 9.97 Å². The third-order valence-electron chi connectivity index (χ3n) is 5.35. The molecular weight excluding hydrogens is 410 g/mol. The SMILES string of the molecule is COc1ccc(-c2ncc(CN3CCc4nc(-c5cccnc5)[nH]c(=O)c4C3)s2)cc1. The minimum atomic E-state index is -0.0724. The Bertz CT molecular complexity index is 1250. The number of nitrogens with zero attached hydrogens (tertiary/aromatic N) is 4. The van der Waals surface area contributed by atoms with Crippen molar-refractivity contribution in [3.63, 3.8) is 0 Å². The van der Waals surface area contributed by atoms with Crippen LogP contribution in [0.25, 0.3) is 22.0 Å². The lowest BCUT2D eigenvalue weighted by atomic mass is 10.1. The van der Waals surface area contributed by atoms with Gasteiger partial charge in [0.15, 0.2) is 0 Å². The number of fused-ring (bicyclic) bond motifs is 1. The zero-order valence-electron chi connectivity index (χ0n) is 17.0. The molecule has 1 aliphatic heterocycles. The van der Waals surface area contributed by atoms with Gasteiger partial charge in [-0.05, 0) is 36.4 Å². The summed E-state index contributed by atoms with van der Waals surface area (Å²) in [7, 11) is 1.66. The molecule has 0 atom stereocenters. The summed E-state index contributed by atoms with van der Waals surface area (Å²) in [6.45, 7) is 2.20. The molecule has 1 N–H and O–H groups in total.